The third-order valence-corrected chi connectivity index (χ3v) is 4.06. The standard InChI is InChI=1S/C14H17FN2O3S/c1-2-20-7-13(18)17-9-21-8-12(17)14(19)16-11-5-3-10(15)4-6-11/h3-6,12H,2,7-9H2,1H3,(H,16,19). The number of rotatable bonds is 5. The van der Waals surface area contributed by atoms with E-state index in [9.17, 15) is 14.0 Å². The van der Waals surface area contributed by atoms with Gasteiger partial charge in [0, 0.05) is 18.0 Å². The first-order valence-corrected chi connectivity index (χ1v) is 7.78. The number of thioether (sulfide) groups is 1. The summed E-state index contributed by atoms with van der Waals surface area (Å²) < 4.78 is 17.9. The molecule has 1 aliphatic heterocycles. The minimum Gasteiger partial charge on any atom is -0.372 e. The van der Waals surface area contributed by atoms with Gasteiger partial charge >= 0.3 is 0 Å². The highest BCUT2D eigenvalue weighted by atomic mass is 32.2. The van der Waals surface area contributed by atoms with Crippen molar-refractivity contribution in [3.63, 3.8) is 0 Å². The lowest BCUT2D eigenvalue weighted by Crippen LogP contribution is -2.45. The molecular formula is C14H17FN2O3S. The van der Waals surface area contributed by atoms with E-state index in [2.05, 4.69) is 5.32 Å². The number of carbonyl (C=O) groups excluding carboxylic acids is 2. The van der Waals surface area contributed by atoms with E-state index in [-0.39, 0.29) is 24.2 Å². The predicted molar refractivity (Wildman–Crippen MR) is 79.5 cm³/mol. The lowest BCUT2D eigenvalue weighted by molar-refractivity contribution is -0.140. The molecule has 21 heavy (non-hydrogen) atoms. The molecule has 1 aromatic carbocycles. The average Bonchev–Trinajstić information content (AvgIpc) is 2.96. The van der Waals surface area contributed by atoms with Crippen LogP contribution in [0.4, 0.5) is 10.1 Å². The second-order valence-electron chi connectivity index (χ2n) is 4.51. The number of carbonyl (C=O) groups is 2. The van der Waals surface area contributed by atoms with E-state index in [4.69, 9.17) is 4.74 Å². The van der Waals surface area contributed by atoms with Gasteiger partial charge in [0.05, 0.1) is 5.88 Å². The van der Waals surface area contributed by atoms with Gasteiger partial charge in [-0.05, 0) is 31.2 Å². The average molecular weight is 312 g/mol. The molecule has 1 heterocycles. The zero-order valence-electron chi connectivity index (χ0n) is 11.7. The zero-order valence-corrected chi connectivity index (χ0v) is 12.5. The smallest absolute Gasteiger partial charge is 0.249 e. The minimum absolute atomic E-state index is 0.0165. The van der Waals surface area contributed by atoms with Crippen molar-refractivity contribution in [3.8, 4) is 0 Å². The highest BCUT2D eigenvalue weighted by Gasteiger charge is 2.34. The van der Waals surface area contributed by atoms with Gasteiger partial charge in [0.1, 0.15) is 18.5 Å². The summed E-state index contributed by atoms with van der Waals surface area (Å²) in [5.41, 5.74) is 0.510. The predicted octanol–water partition coefficient (Wildman–Crippen LogP) is 1.70. The van der Waals surface area contributed by atoms with Gasteiger partial charge in [-0.1, -0.05) is 0 Å². The van der Waals surface area contributed by atoms with Crippen molar-refractivity contribution in [2.75, 3.05) is 30.2 Å². The summed E-state index contributed by atoms with van der Waals surface area (Å²) in [5, 5.41) is 2.70. The molecule has 0 saturated carbocycles. The monoisotopic (exact) mass is 312 g/mol. The first-order valence-electron chi connectivity index (χ1n) is 6.63. The molecule has 1 aromatic rings. The number of hydrogen-bond acceptors (Lipinski definition) is 4. The van der Waals surface area contributed by atoms with Crippen molar-refractivity contribution in [2.45, 2.75) is 13.0 Å². The van der Waals surface area contributed by atoms with Gasteiger partial charge in [0.25, 0.3) is 0 Å². The van der Waals surface area contributed by atoms with Gasteiger partial charge in [0.2, 0.25) is 11.8 Å². The summed E-state index contributed by atoms with van der Waals surface area (Å²) in [6.45, 7) is 2.25. The molecule has 0 bridgehead atoms. The summed E-state index contributed by atoms with van der Waals surface area (Å²) in [4.78, 5) is 25.7. The number of nitrogens with one attached hydrogen (secondary N) is 1. The van der Waals surface area contributed by atoms with Gasteiger partial charge in [-0.3, -0.25) is 9.59 Å². The molecule has 2 amide bonds. The van der Waals surface area contributed by atoms with Crippen LogP contribution in [0.15, 0.2) is 24.3 Å². The Balaban J connectivity index is 1.97. The van der Waals surface area contributed by atoms with E-state index >= 15 is 0 Å². The van der Waals surface area contributed by atoms with E-state index in [1.807, 2.05) is 6.92 Å². The highest BCUT2D eigenvalue weighted by molar-refractivity contribution is 7.99. The summed E-state index contributed by atoms with van der Waals surface area (Å²) in [6, 6.07) is 5.00. The molecule has 7 heteroatoms. The molecule has 0 aromatic heterocycles. The van der Waals surface area contributed by atoms with Crippen molar-refractivity contribution in [1.29, 1.82) is 0 Å². The molecule has 0 aliphatic carbocycles. The molecule has 114 valence electrons. The number of ether oxygens (including phenoxy) is 1. The quantitative estimate of drug-likeness (QED) is 0.899. The Bertz CT molecular complexity index is 509. The first kappa shape index (κ1) is 15.8. The van der Waals surface area contributed by atoms with Crippen molar-refractivity contribution in [2.24, 2.45) is 0 Å². The molecule has 1 saturated heterocycles. The summed E-state index contributed by atoms with van der Waals surface area (Å²) in [5.74, 6) is 0.202. The number of benzene rings is 1. The zero-order chi connectivity index (χ0) is 15.2. The topological polar surface area (TPSA) is 58.6 Å². The van der Waals surface area contributed by atoms with Crippen LogP contribution in [-0.4, -0.2) is 47.6 Å². The Morgan fingerprint density at radius 2 is 2.14 bits per heavy atom. The molecule has 1 aliphatic rings. The maximum Gasteiger partial charge on any atom is 0.249 e. The fourth-order valence-corrected chi connectivity index (χ4v) is 3.12. The molecule has 0 radical (unpaired) electrons. The Labute approximate surface area is 126 Å². The molecule has 0 spiro atoms. The van der Waals surface area contributed by atoms with E-state index in [0.717, 1.165) is 0 Å². The van der Waals surface area contributed by atoms with E-state index in [1.54, 1.807) is 0 Å². The van der Waals surface area contributed by atoms with Crippen molar-refractivity contribution in [1.82, 2.24) is 4.90 Å². The van der Waals surface area contributed by atoms with Crippen LogP contribution in [0.2, 0.25) is 0 Å². The third kappa shape index (κ3) is 4.18. The Hall–Kier alpha value is -1.60. The van der Waals surface area contributed by atoms with Gasteiger partial charge in [-0.15, -0.1) is 11.8 Å². The second kappa shape index (κ2) is 7.42. The maximum atomic E-state index is 12.8. The number of amides is 2. The summed E-state index contributed by atoms with van der Waals surface area (Å²) in [7, 11) is 0. The van der Waals surface area contributed by atoms with Gasteiger partial charge < -0.3 is 15.0 Å². The van der Waals surface area contributed by atoms with Crippen LogP contribution in [0.3, 0.4) is 0 Å². The van der Waals surface area contributed by atoms with Crippen LogP contribution in [0.25, 0.3) is 0 Å². The van der Waals surface area contributed by atoms with Crippen molar-refractivity contribution < 1.29 is 18.7 Å². The van der Waals surface area contributed by atoms with E-state index in [0.29, 0.717) is 23.9 Å². The fourth-order valence-electron chi connectivity index (χ4n) is 1.94. The van der Waals surface area contributed by atoms with E-state index in [1.165, 1.54) is 40.9 Å². The van der Waals surface area contributed by atoms with Crippen LogP contribution in [-0.2, 0) is 14.3 Å². The molecule has 1 atom stereocenters. The number of nitrogens with zero attached hydrogens (tertiary/aromatic N) is 1. The largest absolute Gasteiger partial charge is 0.372 e. The van der Waals surface area contributed by atoms with Crippen LogP contribution < -0.4 is 5.32 Å². The van der Waals surface area contributed by atoms with Gasteiger partial charge in [0.15, 0.2) is 0 Å². The molecular weight excluding hydrogens is 295 g/mol. The van der Waals surface area contributed by atoms with Gasteiger partial charge in [-0.25, -0.2) is 4.39 Å². The number of anilines is 1. The Kier molecular flexibility index (Phi) is 5.58. The van der Waals surface area contributed by atoms with Crippen molar-refractivity contribution in [3.05, 3.63) is 30.1 Å². The van der Waals surface area contributed by atoms with Crippen LogP contribution >= 0.6 is 11.8 Å². The fraction of sp³-hybridized carbons (Fsp3) is 0.429. The SMILES string of the molecule is CCOCC(=O)N1CSCC1C(=O)Nc1ccc(F)cc1. The Morgan fingerprint density at radius 1 is 1.43 bits per heavy atom. The van der Waals surface area contributed by atoms with Crippen LogP contribution in [0, 0.1) is 5.82 Å². The Morgan fingerprint density at radius 3 is 2.81 bits per heavy atom. The summed E-state index contributed by atoms with van der Waals surface area (Å²) in [6.07, 6.45) is 0. The normalized spacial score (nSPS) is 17.8. The lowest BCUT2D eigenvalue weighted by atomic mass is 10.2. The third-order valence-electron chi connectivity index (χ3n) is 3.05. The van der Waals surface area contributed by atoms with Crippen LogP contribution in [0.5, 0.6) is 0 Å². The summed E-state index contributed by atoms with van der Waals surface area (Å²) >= 11 is 1.52. The molecule has 2 rings (SSSR count). The highest BCUT2D eigenvalue weighted by Crippen LogP contribution is 2.22. The van der Waals surface area contributed by atoms with Crippen molar-refractivity contribution >= 4 is 29.3 Å². The first-order chi connectivity index (χ1) is 10.1. The lowest BCUT2D eigenvalue weighted by Gasteiger charge is -2.22. The second-order valence-corrected chi connectivity index (χ2v) is 5.51. The number of halogens is 1. The molecule has 1 fully saturated rings. The van der Waals surface area contributed by atoms with Crippen LogP contribution in [0.1, 0.15) is 6.92 Å². The van der Waals surface area contributed by atoms with E-state index < -0.39 is 6.04 Å². The van der Waals surface area contributed by atoms with Gasteiger partial charge in [-0.2, -0.15) is 0 Å². The maximum absolute atomic E-state index is 12.8. The molecule has 1 N–H and O–H groups in total. The molecule has 1 unspecified atom stereocenters. The minimum atomic E-state index is -0.520. The molecule has 5 nitrogen and oxygen atoms in total. The number of hydrogen-bond donors (Lipinski definition) is 1.